The van der Waals surface area contributed by atoms with Gasteiger partial charge in [-0.25, -0.2) is 4.79 Å². The third-order valence-corrected chi connectivity index (χ3v) is 4.31. The van der Waals surface area contributed by atoms with Crippen LogP contribution in [0.2, 0.25) is 0 Å². The Hall–Kier alpha value is -1.75. The molecule has 1 N–H and O–H groups in total. The van der Waals surface area contributed by atoms with E-state index in [-0.39, 0.29) is 17.7 Å². The molecule has 5 heteroatoms. The molecule has 0 aliphatic carbocycles. The molecule has 1 aromatic carbocycles. The fourth-order valence-electron chi connectivity index (χ4n) is 3.14. The fraction of sp³-hybridized carbons (Fsp3) is 0.611. The maximum Gasteiger partial charge on any atom is 0.322 e. The second-order valence-electron chi connectivity index (χ2n) is 6.67. The SMILES string of the molecule is CCN(C(=O)Nc1cc(C)ccc1OC)[C@@H]1CCOC(C)(C)C1. The molecule has 128 valence electrons. The van der Waals surface area contributed by atoms with Crippen molar-refractivity contribution in [1.82, 2.24) is 4.90 Å². The summed E-state index contributed by atoms with van der Waals surface area (Å²) in [5.74, 6) is 0.673. The van der Waals surface area contributed by atoms with Gasteiger partial charge in [-0.1, -0.05) is 6.07 Å². The number of urea groups is 1. The molecule has 1 atom stereocenters. The van der Waals surface area contributed by atoms with E-state index in [2.05, 4.69) is 19.2 Å². The van der Waals surface area contributed by atoms with Crippen LogP contribution in [0.5, 0.6) is 5.75 Å². The van der Waals surface area contributed by atoms with E-state index in [1.165, 1.54) is 0 Å². The van der Waals surface area contributed by atoms with Crippen LogP contribution in [0, 0.1) is 6.92 Å². The van der Waals surface area contributed by atoms with Crippen molar-refractivity contribution in [2.75, 3.05) is 25.6 Å². The fourth-order valence-corrected chi connectivity index (χ4v) is 3.14. The number of hydrogen-bond donors (Lipinski definition) is 1. The Morgan fingerprint density at radius 3 is 2.83 bits per heavy atom. The number of rotatable bonds is 4. The average molecular weight is 320 g/mol. The minimum Gasteiger partial charge on any atom is -0.495 e. The molecule has 1 saturated heterocycles. The Kier molecular flexibility index (Phi) is 5.52. The average Bonchev–Trinajstić information content (AvgIpc) is 2.47. The van der Waals surface area contributed by atoms with E-state index in [1.54, 1.807) is 7.11 Å². The number of aryl methyl sites for hydroxylation is 1. The molecule has 0 bridgehead atoms. The lowest BCUT2D eigenvalue weighted by Gasteiger charge is -2.40. The van der Waals surface area contributed by atoms with Gasteiger partial charge in [0, 0.05) is 19.2 Å². The topological polar surface area (TPSA) is 50.8 Å². The van der Waals surface area contributed by atoms with Crippen LogP contribution in [-0.4, -0.2) is 42.8 Å². The van der Waals surface area contributed by atoms with Crippen molar-refractivity contribution in [2.45, 2.75) is 52.2 Å². The molecule has 1 aromatic rings. The van der Waals surface area contributed by atoms with Crippen LogP contribution in [0.15, 0.2) is 18.2 Å². The highest BCUT2D eigenvalue weighted by molar-refractivity contribution is 5.91. The summed E-state index contributed by atoms with van der Waals surface area (Å²) >= 11 is 0. The number of anilines is 1. The molecule has 0 radical (unpaired) electrons. The number of amides is 2. The summed E-state index contributed by atoms with van der Waals surface area (Å²) < 4.78 is 11.1. The number of methoxy groups -OCH3 is 1. The smallest absolute Gasteiger partial charge is 0.322 e. The maximum absolute atomic E-state index is 12.8. The van der Waals surface area contributed by atoms with E-state index < -0.39 is 0 Å². The van der Waals surface area contributed by atoms with Gasteiger partial charge in [0.05, 0.1) is 18.4 Å². The first-order chi connectivity index (χ1) is 10.9. The zero-order valence-corrected chi connectivity index (χ0v) is 14.8. The normalized spacial score (nSPS) is 20.0. The molecule has 1 heterocycles. The summed E-state index contributed by atoms with van der Waals surface area (Å²) in [5, 5.41) is 3.00. The summed E-state index contributed by atoms with van der Waals surface area (Å²) in [6.07, 6.45) is 1.72. The minimum atomic E-state index is -0.183. The van der Waals surface area contributed by atoms with E-state index in [0.717, 1.165) is 18.4 Å². The second kappa shape index (κ2) is 7.21. The van der Waals surface area contributed by atoms with Crippen molar-refractivity contribution in [1.29, 1.82) is 0 Å². The molecule has 1 aliphatic heterocycles. The molecule has 5 nitrogen and oxygen atoms in total. The highest BCUT2D eigenvalue weighted by Gasteiger charge is 2.33. The van der Waals surface area contributed by atoms with E-state index >= 15 is 0 Å². The third-order valence-electron chi connectivity index (χ3n) is 4.31. The van der Waals surface area contributed by atoms with E-state index in [9.17, 15) is 4.79 Å². The van der Waals surface area contributed by atoms with E-state index in [1.807, 2.05) is 36.9 Å². The van der Waals surface area contributed by atoms with Crippen molar-refractivity contribution in [3.63, 3.8) is 0 Å². The van der Waals surface area contributed by atoms with Gasteiger partial charge in [0.15, 0.2) is 0 Å². The van der Waals surface area contributed by atoms with Gasteiger partial charge in [-0.2, -0.15) is 0 Å². The summed E-state index contributed by atoms with van der Waals surface area (Å²) in [5.41, 5.74) is 1.61. The number of carbonyl (C=O) groups excluding carboxylic acids is 1. The van der Waals surface area contributed by atoms with Gasteiger partial charge in [-0.3, -0.25) is 0 Å². The zero-order chi connectivity index (χ0) is 17.0. The summed E-state index contributed by atoms with van der Waals surface area (Å²) in [7, 11) is 1.61. The highest BCUT2D eigenvalue weighted by atomic mass is 16.5. The summed E-state index contributed by atoms with van der Waals surface area (Å²) in [6.45, 7) is 9.52. The van der Waals surface area contributed by atoms with Gasteiger partial charge in [0.2, 0.25) is 0 Å². The van der Waals surface area contributed by atoms with E-state index in [4.69, 9.17) is 9.47 Å². The minimum absolute atomic E-state index is 0.0842. The molecule has 0 unspecified atom stereocenters. The first-order valence-corrected chi connectivity index (χ1v) is 8.22. The lowest BCUT2D eigenvalue weighted by Crippen LogP contribution is -2.49. The second-order valence-corrected chi connectivity index (χ2v) is 6.67. The molecule has 0 spiro atoms. The van der Waals surface area contributed by atoms with Crippen LogP contribution < -0.4 is 10.1 Å². The van der Waals surface area contributed by atoms with Crippen LogP contribution in [-0.2, 0) is 4.74 Å². The number of hydrogen-bond acceptors (Lipinski definition) is 3. The molecule has 1 aliphatic rings. The molecule has 0 saturated carbocycles. The Labute approximate surface area is 139 Å². The van der Waals surface area contributed by atoms with Crippen molar-refractivity contribution in [3.05, 3.63) is 23.8 Å². The predicted octanol–water partition coefficient (Wildman–Crippen LogP) is 3.82. The summed E-state index contributed by atoms with van der Waals surface area (Å²) in [4.78, 5) is 14.6. The molecule has 2 rings (SSSR count). The molecule has 0 aromatic heterocycles. The van der Waals surface area contributed by atoms with Crippen molar-refractivity contribution < 1.29 is 14.3 Å². The van der Waals surface area contributed by atoms with Crippen LogP contribution in [0.1, 0.15) is 39.2 Å². The Bertz CT molecular complexity index is 557. The van der Waals surface area contributed by atoms with Crippen molar-refractivity contribution >= 4 is 11.7 Å². The number of nitrogens with zero attached hydrogens (tertiary/aromatic N) is 1. The van der Waals surface area contributed by atoms with Crippen molar-refractivity contribution in [2.24, 2.45) is 0 Å². The summed E-state index contributed by atoms with van der Waals surface area (Å²) in [6, 6.07) is 5.88. The van der Waals surface area contributed by atoms with Crippen LogP contribution in [0.3, 0.4) is 0 Å². The lowest BCUT2D eigenvalue weighted by atomic mass is 9.93. The number of carbonyl (C=O) groups is 1. The molecule has 2 amide bonds. The number of ether oxygens (including phenoxy) is 2. The zero-order valence-electron chi connectivity index (χ0n) is 14.8. The van der Waals surface area contributed by atoms with Crippen LogP contribution in [0.25, 0.3) is 0 Å². The van der Waals surface area contributed by atoms with Gasteiger partial charge < -0.3 is 19.7 Å². The van der Waals surface area contributed by atoms with Gasteiger partial charge in [-0.15, -0.1) is 0 Å². The van der Waals surface area contributed by atoms with Crippen molar-refractivity contribution in [3.8, 4) is 5.75 Å². The monoisotopic (exact) mass is 320 g/mol. The predicted molar refractivity (Wildman–Crippen MR) is 92.2 cm³/mol. The third kappa shape index (κ3) is 4.38. The molecular formula is C18H28N2O3. The van der Waals surface area contributed by atoms with Crippen LogP contribution in [0.4, 0.5) is 10.5 Å². The molecule has 23 heavy (non-hydrogen) atoms. The van der Waals surface area contributed by atoms with Gasteiger partial charge in [-0.05, 0) is 58.2 Å². The maximum atomic E-state index is 12.8. The standard InChI is InChI=1S/C18H28N2O3/c1-6-20(14-9-10-23-18(3,4)12-14)17(21)19-15-11-13(2)7-8-16(15)22-5/h7-8,11,14H,6,9-10,12H2,1-5H3,(H,19,21)/t14-/m1/s1. The highest BCUT2D eigenvalue weighted by Crippen LogP contribution is 2.29. The first-order valence-electron chi connectivity index (χ1n) is 8.22. The first kappa shape index (κ1) is 17.6. The molecular weight excluding hydrogens is 292 g/mol. The lowest BCUT2D eigenvalue weighted by molar-refractivity contribution is -0.0758. The van der Waals surface area contributed by atoms with E-state index in [0.29, 0.717) is 24.6 Å². The number of benzene rings is 1. The Morgan fingerprint density at radius 2 is 2.22 bits per heavy atom. The Morgan fingerprint density at radius 1 is 1.48 bits per heavy atom. The Balaban J connectivity index is 2.13. The molecule has 1 fully saturated rings. The quantitative estimate of drug-likeness (QED) is 0.917. The van der Waals surface area contributed by atoms with Gasteiger partial charge >= 0.3 is 6.03 Å². The van der Waals surface area contributed by atoms with Gasteiger partial charge in [0.25, 0.3) is 0 Å². The number of nitrogens with one attached hydrogen (secondary N) is 1. The van der Waals surface area contributed by atoms with Gasteiger partial charge in [0.1, 0.15) is 5.75 Å². The largest absolute Gasteiger partial charge is 0.495 e. The van der Waals surface area contributed by atoms with Crippen LogP contribution >= 0.6 is 0 Å².